The monoisotopic (exact) mass is 255 g/mol. The van der Waals surface area contributed by atoms with Gasteiger partial charge in [-0.1, -0.05) is 12.8 Å². The first-order valence-corrected chi connectivity index (χ1v) is 6.58. The summed E-state index contributed by atoms with van der Waals surface area (Å²) < 4.78 is 5.19. The predicted molar refractivity (Wildman–Crippen MR) is 65.8 cm³/mol. The second kappa shape index (κ2) is 6.15. The van der Waals surface area contributed by atoms with Crippen molar-refractivity contribution in [2.75, 3.05) is 26.3 Å². The van der Waals surface area contributed by atoms with E-state index in [1.807, 2.05) is 0 Å². The lowest BCUT2D eigenvalue weighted by Gasteiger charge is -2.33. The van der Waals surface area contributed by atoms with Crippen LogP contribution in [0.1, 0.15) is 25.7 Å². The van der Waals surface area contributed by atoms with Crippen molar-refractivity contribution in [1.82, 2.24) is 10.2 Å². The summed E-state index contributed by atoms with van der Waals surface area (Å²) in [5, 5.41) is 3.25. The second-order valence-corrected chi connectivity index (χ2v) is 4.94. The van der Waals surface area contributed by atoms with Crippen LogP contribution in [-0.2, 0) is 14.3 Å². The highest BCUT2D eigenvalue weighted by Crippen LogP contribution is 2.17. The van der Waals surface area contributed by atoms with Crippen LogP contribution in [0.15, 0.2) is 0 Å². The SMILES string of the molecule is NC(=O)C1COCCN1C(=O)CNC1CCCC1. The van der Waals surface area contributed by atoms with E-state index in [1.54, 1.807) is 0 Å². The van der Waals surface area contributed by atoms with Crippen molar-refractivity contribution in [1.29, 1.82) is 0 Å². The average molecular weight is 255 g/mol. The zero-order valence-electron chi connectivity index (χ0n) is 10.6. The first-order chi connectivity index (χ1) is 8.68. The van der Waals surface area contributed by atoms with Crippen LogP contribution in [0, 0.1) is 0 Å². The zero-order valence-corrected chi connectivity index (χ0v) is 10.6. The van der Waals surface area contributed by atoms with E-state index in [2.05, 4.69) is 5.32 Å². The third-order valence-electron chi connectivity index (χ3n) is 3.67. The van der Waals surface area contributed by atoms with Crippen LogP contribution in [0.4, 0.5) is 0 Å². The van der Waals surface area contributed by atoms with Crippen molar-refractivity contribution in [3.05, 3.63) is 0 Å². The fourth-order valence-electron chi connectivity index (χ4n) is 2.60. The Morgan fingerprint density at radius 3 is 2.72 bits per heavy atom. The minimum Gasteiger partial charge on any atom is -0.377 e. The topological polar surface area (TPSA) is 84.7 Å². The van der Waals surface area contributed by atoms with E-state index < -0.39 is 11.9 Å². The van der Waals surface area contributed by atoms with E-state index in [1.165, 1.54) is 17.7 Å². The van der Waals surface area contributed by atoms with Gasteiger partial charge in [0.25, 0.3) is 0 Å². The molecule has 2 aliphatic rings. The lowest BCUT2D eigenvalue weighted by atomic mass is 10.2. The van der Waals surface area contributed by atoms with Crippen LogP contribution in [0.5, 0.6) is 0 Å². The molecule has 1 saturated carbocycles. The first kappa shape index (κ1) is 13.3. The smallest absolute Gasteiger partial charge is 0.242 e. The molecule has 0 bridgehead atoms. The maximum Gasteiger partial charge on any atom is 0.242 e. The van der Waals surface area contributed by atoms with Gasteiger partial charge in [-0.2, -0.15) is 0 Å². The van der Waals surface area contributed by atoms with Crippen LogP contribution in [-0.4, -0.2) is 55.1 Å². The van der Waals surface area contributed by atoms with Crippen LogP contribution in [0.25, 0.3) is 0 Å². The number of primary amides is 1. The molecule has 2 fully saturated rings. The van der Waals surface area contributed by atoms with Gasteiger partial charge in [-0.05, 0) is 12.8 Å². The number of hydrogen-bond acceptors (Lipinski definition) is 4. The molecule has 1 unspecified atom stereocenters. The number of morpholine rings is 1. The van der Waals surface area contributed by atoms with Gasteiger partial charge in [-0.3, -0.25) is 9.59 Å². The number of carbonyl (C=O) groups excluding carboxylic acids is 2. The van der Waals surface area contributed by atoms with E-state index in [-0.39, 0.29) is 19.1 Å². The van der Waals surface area contributed by atoms with Crippen molar-refractivity contribution in [3.8, 4) is 0 Å². The fourth-order valence-corrected chi connectivity index (χ4v) is 2.60. The Morgan fingerprint density at radius 2 is 2.06 bits per heavy atom. The predicted octanol–water partition coefficient (Wildman–Crippen LogP) is -0.769. The first-order valence-electron chi connectivity index (χ1n) is 6.58. The largest absolute Gasteiger partial charge is 0.377 e. The molecule has 2 rings (SSSR count). The van der Waals surface area contributed by atoms with E-state index in [0.717, 1.165) is 12.8 Å². The maximum absolute atomic E-state index is 12.1. The normalized spacial score (nSPS) is 25.3. The lowest BCUT2D eigenvalue weighted by molar-refractivity contribution is -0.146. The Morgan fingerprint density at radius 1 is 1.33 bits per heavy atom. The summed E-state index contributed by atoms with van der Waals surface area (Å²) in [5.41, 5.74) is 5.28. The van der Waals surface area contributed by atoms with Crippen molar-refractivity contribution in [2.24, 2.45) is 5.73 Å². The molecule has 18 heavy (non-hydrogen) atoms. The van der Waals surface area contributed by atoms with Gasteiger partial charge in [0, 0.05) is 12.6 Å². The summed E-state index contributed by atoms with van der Waals surface area (Å²) in [7, 11) is 0. The lowest BCUT2D eigenvalue weighted by Crippen LogP contribution is -2.56. The van der Waals surface area contributed by atoms with Crippen molar-refractivity contribution in [2.45, 2.75) is 37.8 Å². The van der Waals surface area contributed by atoms with Gasteiger partial charge in [0.05, 0.1) is 19.8 Å². The summed E-state index contributed by atoms with van der Waals surface area (Å²) in [6, 6.07) is -0.168. The van der Waals surface area contributed by atoms with Gasteiger partial charge in [-0.25, -0.2) is 0 Å². The summed E-state index contributed by atoms with van der Waals surface area (Å²) in [5.74, 6) is -0.557. The minimum atomic E-state index is -0.614. The third-order valence-corrected chi connectivity index (χ3v) is 3.67. The highest BCUT2D eigenvalue weighted by atomic mass is 16.5. The molecule has 1 saturated heterocycles. The third kappa shape index (κ3) is 3.20. The average Bonchev–Trinajstić information content (AvgIpc) is 2.89. The number of carbonyl (C=O) groups is 2. The molecule has 0 spiro atoms. The Bertz CT molecular complexity index is 316. The summed E-state index contributed by atoms with van der Waals surface area (Å²) in [6.45, 7) is 1.41. The number of amides is 2. The Balaban J connectivity index is 1.83. The fraction of sp³-hybridized carbons (Fsp3) is 0.833. The van der Waals surface area contributed by atoms with Crippen molar-refractivity contribution >= 4 is 11.8 Å². The summed E-state index contributed by atoms with van der Waals surface area (Å²) in [4.78, 5) is 24.9. The van der Waals surface area contributed by atoms with Crippen molar-refractivity contribution < 1.29 is 14.3 Å². The highest BCUT2D eigenvalue weighted by Gasteiger charge is 2.31. The molecule has 1 atom stereocenters. The number of hydrogen-bond donors (Lipinski definition) is 2. The van der Waals surface area contributed by atoms with Crippen LogP contribution >= 0.6 is 0 Å². The molecule has 3 N–H and O–H groups in total. The number of rotatable bonds is 4. The standard InChI is InChI=1S/C12H21N3O3/c13-12(17)10-8-18-6-5-15(10)11(16)7-14-9-3-1-2-4-9/h9-10,14H,1-8H2,(H2,13,17). The maximum atomic E-state index is 12.1. The van der Waals surface area contributed by atoms with Crippen molar-refractivity contribution in [3.63, 3.8) is 0 Å². The van der Waals surface area contributed by atoms with Crippen LogP contribution in [0.2, 0.25) is 0 Å². The molecule has 0 aromatic carbocycles. The number of nitrogens with one attached hydrogen (secondary N) is 1. The van der Waals surface area contributed by atoms with Gasteiger partial charge in [0.15, 0.2) is 0 Å². The van der Waals surface area contributed by atoms with Gasteiger partial charge < -0.3 is 20.7 Å². The molecular weight excluding hydrogens is 234 g/mol. The molecule has 6 heteroatoms. The number of nitrogens with two attached hydrogens (primary N) is 1. The zero-order chi connectivity index (χ0) is 13.0. The van der Waals surface area contributed by atoms with Gasteiger partial charge >= 0.3 is 0 Å². The summed E-state index contributed by atoms with van der Waals surface area (Å²) in [6.07, 6.45) is 4.73. The molecule has 1 heterocycles. The molecule has 0 radical (unpaired) electrons. The molecule has 0 aromatic rings. The Kier molecular flexibility index (Phi) is 4.54. The van der Waals surface area contributed by atoms with Gasteiger partial charge in [0.1, 0.15) is 6.04 Å². The van der Waals surface area contributed by atoms with Crippen LogP contribution in [0.3, 0.4) is 0 Å². The molecule has 2 amide bonds. The van der Waals surface area contributed by atoms with E-state index >= 15 is 0 Å². The van der Waals surface area contributed by atoms with E-state index in [9.17, 15) is 9.59 Å². The number of ether oxygens (including phenoxy) is 1. The molecule has 6 nitrogen and oxygen atoms in total. The van der Waals surface area contributed by atoms with Gasteiger partial charge in [0.2, 0.25) is 11.8 Å². The Labute approximate surface area is 107 Å². The molecule has 0 aromatic heterocycles. The van der Waals surface area contributed by atoms with Crippen LogP contribution < -0.4 is 11.1 Å². The van der Waals surface area contributed by atoms with Gasteiger partial charge in [-0.15, -0.1) is 0 Å². The molecular formula is C12H21N3O3. The molecule has 1 aliphatic heterocycles. The van der Waals surface area contributed by atoms with E-state index in [4.69, 9.17) is 10.5 Å². The minimum absolute atomic E-state index is 0.0611. The van der Waals surface area contributed by atoms with E-state index in [0.29, 0.717) is 19.2 Å². The Hall–Kier alpha value is -1.14. The molecule has 1 aliphatic carbocycles. The molecule has 102 valence electrons. The highest BCUT2D eigenvalue weighted by molar-refractivity contribution is 5.87. The number of nitrogens with zero attached hydrogens (tertiary/aromatic N) is 1. The second-order valence-electron chi connectivity index (χ2n) is 4.94. The quantitative estimate of drug-likeness (QED) is 0.691. The summed E-state index contributed by atoms with van der Waals surface area (Å²) >= 11 is 0.